The van der Waals surface area contributed by atoms with E-state index in [1.54, 1.807) is 39.1 Å². The zero-order valence-electron chi connectivity index (χ0n) is 22.6. The SMILES string of the molecule is COC(=O)[C@H](Cc1c[nH]c2ccccc12)NC(=O)[C@@H](CCC(=O)OC(C)(C)C)NC(=O)OCc1ccccc1. The smallest absolute Gasteiger partial charge is 0.408 e. The van der Waals surface area contributed by atoms with Crippen LogP contribution in [0.4, 0.5) is 4.79 Å². The predicted molar refractivity (Wildman–Crippen MR) is 145 cm³/mol. The van der Waals surface area contributed by atoms with Crippen molar-refractivity contribution in [1.29, 1.82) is 0 Å². The molecule has 0 aliphatic carbocycles. The highest BCUT2D eigenvalue weighted by molar-refractivity contribution is 5.91. The van der Waals surface area contributed by atoms with Crippen molar-refractivity contribution in [2.24, 2.45) is 0 Å². The van der Waals surface area contributed by atoms with Gasteiger partial charge in [0.05, 0.1) is 7.11 Å². The third kappa shape index (κ3) is 9.17. The molecule has 0 bridgehead atoms. The van der Waals surface area contributed by atoms with Crippen LogP contribution in [0.5, 0.6) is 0 Å². The number of alkyl carbamates (subject to hydrolysis) is 1. The third-order valence-electron chi connectivity index (χ3n) is 5.78. The fraction of sp³-hybridized carbons (Fsp3) is 0.379. The number of fused-ring (bicyclic) bond motifs is 1. The Morgan fingerprint density at radius 3 is 2.31 bits per heavy atom. The van der Waals surface area contributed by atoms with Crippen molar-refractivity contribution in [3.63, 3.8) is 0 Å². The minimum Gasteiger partial charge on any atom is -0.467 e. The van der Waals surface area contributed by atoms with Crippen LogP contribution in [-0.4, -0.2) is 53.7 Å². The summed E-state index contributed by atoms with van der Waals surface area (Å²) < 4.78 is 15.5. The summed E-state index contributed by atoms with van der Waals surface area (Å²) in [5.74, 6) is -1.83. The normalized spacial score (nSPS) is 12.7. The number of aromatic nitrogens is 1. The summed E-state index contributed by atoms with van der Waals surface area (Å²) in [6.07, 6.45) is 0.877. The van der Waals surface area contributed by atoms with Gasteiger partial charge in [0.2, 0.25) is 5.91 Å². The summed E-state index contributed by atoms with van der Waals surface area (Å²) in [5.41, 5.74) is 1.76. The Bertz CT molecular complexity index is 1280. The predicted octanol–water partition coefficient (Wildman–Crippen LogP) is 3.79. The number of para-hydroxylation sites is 1. The van der Waals surface area contributed by atoms with Gasteiger partial charge in [-0.2, -0.15) is 0 Å². The van der Waals surface area contributed by atoms with Gasteiger partial charge in [-0.05, 0) is 44.4 Å². The second-order valence-corrected chi connectivity index (χ2v) is 10.0. The molecule has 208 valence electrons. The molecule has 3 N–H and O–H groups in total. The molecule has 10 nitrogen and oxygen atoms in total. The first-order chi connectivity index (χ1) is 18.6. The number of hydrogen-bond donors (Lipinski definition) is 3. The molecule has 0 saturated heterocycles. The van der Waals surface area contributed by atoms with Crippen molar-refractivity contribution < 1.29 is 33.4 Å². The number of hydrogen-bond acceptors (Lipinski definition) is 7. The number of carbonyl (C=O) groups is 4. The molecule has 0 unspecified atom stereocenters. The van der Waals surface area contributed by atoms with Crippen LogP contribution < -0.4 is 10.6 Å². The molecule has 0 fully saturated rings. The maximum Gasteiger partial charge on any atom is 0.408 e. The Hall–Kier alpha value is -4.34. The summed E-state index contributed by atoms with van der Waals surface area (Å²) in [4.78, 5) is 53.9. The number of H-pyrrole nitrogens is 1. The molecule has 39 heavy (non-hydrogen) atoms. The minimum atomic E-state index is -1.17. The van der Waals surface area contributed by atoms with Crippen LogP contribution in [-0.2, 0) is 41.6 Å². The van der Waals surface area contributed by atoms with Gasteiger partial charge in [0.25, 0.3) is 0 Å². The summed E-state index contributed by atoms with van der Waals surface area (Å²) in [6.45, 7) is 5.21. The van der Waals surface area contributed by atoms with Crippen molar-refractivity contribution in [3.8, 4) is 0 Å². The lowest BCUT2D eigenvalue weighted by Gasteiger charge is -2.23. The lowest BCUT2D eigenvalue weighted by molar-refractivity contribution is -0.155. The van der Waals surface area contributed by atoms with E-state index in [-0.39, 0.29) is 25.9 Å². The van der Waals surface area contributed by atoms with Gasteiger partial charge in [0, 0.05) is 29.9 Å². The number of ether oxygens (including phenoxy) is 3. The van der Waals surface area contributed by atoms with Crippen molar-refractivity contribution >= 4 is 34.8 Å². The van der Waals surface area contributed by atoms with Gasteiger partial charge >= 0.3 is 18.0 Å². The minimum absolute atomic E-state index is 0.00156. The molecule has 2 aromatic carbocycles. The van der Waals surface area contributed by atoms with Gasteiger partial charge in [0.15, 0.2) is 0 Å². The number of carbonyl (C=O) groups excluding carboxylic acids is 4. The van der Waals surface area contributed by atoms with Gasteiger partial charge in [-0.3, -0.25) is 9.59 Å². The standard InChI is InChI=1S/C29H35N3O7/c1-29(2,3)39-25(33)15-14-23(32-28(36)38-18-19-10-6-5-7-11-19)26(34)31-24(27(35)37-4)16-20-17-30-22-13-9-8-12-21(20)22/h5-13,17,23-24,30H,14-16,18H2,1-4H3,(H,31,34)(H,32,36)/t23-,24+/m1/s1. The molecular weight excluding hydrogens is 502 g/mol. The number of methoxy groups -OCH3 is 1. The second-order valence-electron chi connectivity index (χ2n) is 10.0. The first kappa shape index (κ1) is 29.2. The molecule has 2 amide bonds. The average molecular weight is 538 g/mol. The van der Waals surface area contributed by atoms with E-state index in [9.17, 15) is 19.2 Å². The van der Waals surface area contributed by atoms with Crippen LogP contribution in [0.3, 0.4) is 0 Å². The van der Waals surface area contributed by atoms with Crippen LogP contribution in [0.15, 0.2) is 60.8 Å². The van der Waals surface area contributed by atoms with Crippen molar-refractivity contribution in [2.45, 2.75) is 64.3 Å². The Morgan fingerprint density at radius 2 is 1.62 bits per heavy atom. The number of esters is 2. The Labute approximate surface area is 227 Å². The molecule has 1 aromatic heterocycles. The fourth-order valence-corrected chi connectivity index (χ4v) is 3.96. The maximum absolute atomic E-state index is 13.3. The molecule has 0 spiro atoms. The topological polar surface area (TPSA) is 136 Å². The van der Waals surface area contributed by atoms with Gasteiger partial charge in [-0.15, -0.1) is 0 Å². The van der Waals surface area contributed by atoms with Crippen molar-refractivity contribution in [3.05, 3.63) is 71.9 Å². The van der Waals surface area contributed by atoms with Crippen LogP contribution in [0.2, 0.25) is 0 Å². The molecule has 0 aliphatic heterocycles. The average Bonchev–Trinajstić information content (AvgIpc) is 3.31. The second kappa shape index (κ2) is 13.5. The molecule has 10 heteroatoms. The zero-order valence-corrected chi connectivity index (χ0v) is 22.6. The van der Waals surface area contributed by atoms with Crippen LogP contribution in [0.25, 0.3) is 10.9 Å². The number of nitrogens with one attached hydrogen (secondary N) is 3. The highest BCUT2D eigenvalue weighted by Crippen LogP contribution is 2.19. The lowest BCUT2D eigenvalue weighted by atomic mass is 10.0. The molecule has 1 heterocycles. The van der Waals surface area contributed by atoms with E-state index < -0.39 is 41.6 Å². The summed E-state index contributed by atoms with van der Waals surface area (Å²) in [6, 6.07) is 14.4. The maximum atomic E-state index is 13.3. The van der Waals surface area contributed by atoms with Crippen LogP contribution in [0.1, 0.15) is 44.7 Å². The van der Waals surface area contributed by atoms with E-state index in [1.165, 1.54) is 7.11 Å². The first-order valence-corrected chi connectivity index (χ1v) is 12.7. The highest BCUT2D eigenvalue weighted by atomic mass is 16.6. The molecular formula is C29H35N3O7. The molecule has 0 aliphatic rings. The van der Waals surface area contributed by atoms with Crippen LogP contribution >= 0.6 is 0 Å². The molecule has 0 radical (unpaired) electrons. The largest absolute Gasteiger partial charge is 0.467 e. The Balaban J connectivity index is 1.72. The van der Waals surface area contributed by atoms with Crippen LogP contribution in [0, 0.1) is 0 Å². The van der Waals surface area contributed by atoms with E-state index in [1.807, 2.05) is 42.5 Å². The van der Waals surface area contributed by atoms with E-state index in [4.69, 9.17) is 14.2 Å². The lowest BCUT2D eigenvalue weighted by Crippen LogP contribution is -2.52. The quantitative estimate of drug-likeness (QED) is 0.250. The molecule has 0 saturated carbocycles. The monoisotopic (exact) mass is 537 g/mol. The summed E-state index contributed by atoms with van der Waals surface area (Å²) >= 11 is 0. The van der Waals surface area contributed by atoms with Gasteiger partial charge in [-0.25, -0.2) is 9.59 Å². The van der Waals surface area contributed by atoms with Gasteiger partial charge < -0.3 is 29.8 Å². The number of amides is 2. The number of benzene rings is 2. The first-order valence-electron chi connectivity index (χ1n) is 12.7. The zero-order chi connectivity index (χ0) is 28.4. The Kier molecular flexibility index (Phi) is 10.1. The van der Waals surface area contributed by atoms with E-state index in [0.717, 1.165) is 22.0 Å². The van der Waals surface area contributed by atoms with E-state index in [2.05, 4.69) is 15.6 Å². The van der Waals surface area contributed by atoms with Gasteiger partial charge in [-0.1, -0.05) is 48.5 Å². The highest BCUT2D eigenvalue weighted by Gasteiger charge is 2.29. The van der Waals surface area contributed by atoms with E-state index >= 15 is 0 Å². The van der Waals surface area contributed by atoms with Crippen molar-refractivity contribution in [1.82, 2.24) is 15.6 Å². The fourth-order valence-electron chi connectivity index (χ4n) is 3.96. The number of aromatic amines is 1. The molecule has 3 aromatic rings. The van der Waals surface area contributed by atoms with Gasteiger partial charge in [0.1, 0.15) is 24.3 Å². The Morgan fingerprint density at radius 1 is 0.923 bits per heavy atom. The number of rotatable bonds is 11. The third-order valence-corrected chi connectivity index (χ3v) is 5.78. The summed E-state index contributed by atoms with van der Waals surface area (Å²) in [7, 11) is 1.23. The molecule has 3 rings (SSSR count). The summed E-state index contributed by atoms with van der Waals surface area (Å²) in [5, 5.41) is 6.10. The van der Waals surface area contributed by atoms with E-state index in [0.29, 0.717) is 0 Å². The van der Waals surface area contributed by atoms with Crippen molar-refractivity contribution in [2.75, 3.05) is 7.11 Å². The molecule has 2 atom stereocenters.